The first-order valence-corrected chi connectivity index (χ1v) is 12.3. The van der Waals surface area contributed by atoms with Crippen molar-refractivity contribution < 1.29 is 44.2 Å². The van der Waals surface area contributed by atoms with Crippen LogP contribution in [0.1, 0.15) is 58.3 Å². The van der Waals surface area contributed by atoms with E-state index in [1.807, 2.05) is 0 Å². The van der Waals surface area contributed by atoms with Crippen LogP contribution in [0.5, 0.6) is 17.2 Å². The second-order valence-electron chi connectivity index (χ2n) is 8.86. The van der Waals surface area contributed by atoms with Gasteiger partial charge in [-0.2, -0.15) is 0 Å². The van der Waals surface area contributed by atoms with E-state index in [0.29, 0.717) is 12.0 Å². The number of aromatic hydroxyl groups is 1. The van der Waals surface area contributed by atoms with E-state index in [1.165, 1.54) is 50.3 Å². The van der Waals surface area contributed by atoms with Crippen molar-refractivity contribution in [1.82, 2.24) is 0 Å². The third kappa shape index (κ3) is 6.86. The zero-order chi connectivity index (χ0) is 25.4. The molecule has 1 saturated heterocycles. The lowest BCUT2D eigenvalue weighted by atomic mass is 9.99. The minimum atomic E-state index is -1.59. The van der Waals surface area contributed by atoms with Gasteiger partial charge in [-0.1, -0.05) is 51.9 Å². The molecule has 35 heavy (non-hydrogen) atoms. The van der Waals surface area contributed by atoms with Crippen molar-refractivity contribution in [3.63, 3.8) is 0 Å². The molecule has 1 aromatic carbocycles. The summed E-state index contributed by atoms with van der Waals surface area (Å²) in [5, 5.41) is 49.9. The maximum Gasteiger partial charge on any atom is 0.382 e. The fourth-order valence-electron chi connectivity index (χ4n) is 4.07. The van der Waals surface area contributed by atoms with Gasteiger partial charge >= 0.3 is 5.63 Å². The number of rotatable bonds is 13. The molecule has 0 unspecified atom stereocenters. The van der Waals surface area contributed by atoms with Crippen molar-refractivity contribution in [3.05, 3.63) is 28.6 Å². The van der Waals surface area contributed by atoms with Crippen LogP contribution in [0.2, 0.25) is 0 Å². The third-order valence-corrected chi connectivity index (χ3v) is 6.15. The molecule has 1 fully saturated rings. The summed E-state index contributed by atoms with van der Waals surface area (Å²) in [4.78, 5) is 12.1. The monoisotopic (exact) mass is 496 g/mol. The maximum atomic E-state index is 12.1. The molecule has 0 spiro atoms. The van der Waals surface area contributed by atoms with Crippen LogP contribution < -0.4 is 15.1 Å². The number of aliphatic hydroxyl groups excluding tert-OH is 4. The fourth-order valence-corrected chi connectivity index (χ4v) is 4.07. The van der Waals surface area contributed by atoms with Crippen molar-refractivity contribution in [3.8, 4) is 17.2 Å². The Balaban J connectivity index is 1.64. The highest BCUT2D eigenvalue weighted by molar-refractivity contribution is 5.86. The highest BCUT2D eigenvalue weighted by Crippen LogP contribution is 2.35. The van der Waals surface area contributed by atoms with Crippen LogP contribution in [0.25, 0.3) is 11.0 Å². The van der Waals surface area contributed by atoms with E-state index < -0.39 is 48.7 Å². The molecule has 0 bridgehead atoms. The molecule has 1 aliphatic heterocycles. The summed E-state index contributed by atoms with van der Waals surface area (Å²) in [6, 6.07) is 4.38. The van der Waals surface area contributed by atoms with E-state index in [0.717, 1.165) is 19.3 Å². The first kappa shape index (κ1) is 27.2. The molecule has 5 N–H and O–H groups in total. The minimum absolute atomic E-state index is 0.0265. The van der Waals surface area contributed by atoms with Gasteiger partial charge in [0.25, 0.3) is 0 Å². The fraction of sp³-hybridized carbons (Fsp3) is 0.640. The standard InChI is InChI=1S/C25H36O10/c1-2-3-4-5-6-7-8-9-12-32-23-16-11-10-15(13-17(16)34-24(31)22(23)30)33-25-21(29)20(28)19(27)18(14-26)35-25/h10-11,13,18-21,25-30H,2-9,12,14H2,1H3/t18-,19+,20+,21-,25-/m1/s1. The van der Waals surface area contributed by atoms with Crippen LogP contribution in [-0.2, 0) is 4.74 Å². The number of aliphatic hydroxyl groups is 4. The summed E-state index contributed by atoms with van der Waals surface area (Å²) in [6.07, 6.45) is 1.86. The second-order valence-corrected chi connectivity index (χ2v) is 8.86. The summed E-state index contributed by atoms with van der Waals surface area (Å²) >= 11 is 0. The van der Waals surface area contributed by atoms with Crippen molar-refractivity contribution in [2.75, 3.05) is 13.2 Å². The highest BCUT2D eigenvalue weighted by atomic mass is 16.7. The molecule has 196 valence electrons. The molecule has 10 nitrogen and oxygen atoms in total. The molecular weight excluding hydrogens is 460 g/mol. The Kier molecular flexibility index (Phi) is 10.2. The molecule has 1 aliphatic rings. The molecule has 10 heteroatoms. The number of benzene rings is 1. The van der Waals surface area contributed by atoms with Crippen molar-refractivity contribution in [2.45, 2.75) is 89.0 Å². The van der Waals surface area contributed by atoms with Crippen LogP contribution >= 0.6 is 0 Å². The van der Waals surface area contributed by atoms with Crippen molar-refractivity contribution in [1.29, 1.82) is 0 Å². The van der Waals surface area contributed by atoms with Crippen LogP contribution in [0.3, 0.4) is 0 Å². The summed E-state index contributed by atoms with van der Waals surface area (Å²) in [5.74, 6) is -0.456. The Labute approximate surface area is 203 Å². The summed E-state index contributed by atoms with van der Waals surface area (Å²) in [6.45, 7) is 1.94. The second kappa shape index (κ2) is 13.1. The zero-order valence-corrected chi connectivity index (χ0v) is 20.0. The van der Waals surface area contributed by atoms with Gasteiger partial charge in [-0.3, -0.25) is 0 Å². The van der Waals surface area contributed by atoms with E-state index in [4.69, 9.17) is 18.6 Å². The first-order valence-electron chi connectivity index (χ1n) is 12.3. The maximum absolute atomic E-state index is 12.1. The van der Waals surface area contributed by atoms with E-state index in [9.17, 15) is 30.3 Å². The SMILES string of the molecule is CCCCCCCCCCOc1c(O)c(=O)oc2cc(O[C@@H]3O[C@H](CO)[C@H](O)[C@H](O)[C@H]3O)ccc12. The van der Waals surface area contributed by atoms with Crippen LogP contribution in [0.15, 0.2) is 27.4 Å². The first-order chi connectivity index (χ1) is 16.9. The molecule has 0 aliphatic carbocycles. The van der Waals surface area contributed by atoms with Gasteiger partial charge in [0, 0.05) is 6.07 Å². The number of hydrogen-bond acceptors (Lipinski definition) is 10. The summed E-state index contributed by atoms with van der Waals surface area (Å²) in [5.41, 5.74) is -0.880. The van der Waals surface area contributed by atoms with Gasteiger partial charge in [-0.05, 0) is 18.6 Å². The number of ether oxygens (including phenoxy) is 3. The van der Waals surface area contributed by atoms with E-state index in [2.05, 4.69) is 6.92 Å². The molecule has 1 aromatic heterocycles. The average molecular weight is 497 g/mol. The van der Waals surface area contributed by atoms with Gasteiger partial charge in [0.2, 0.25) is 12.0 Å². The largest absolute Gasteiger partial charge is 0.499 e. The topological polar surface area (TPSA) is 159 Å². The smallest absolute Gasteiger partial charge is 0.382 e. The average Bonchev–Trinajstić information content (AvgIpc) is 2.85. The molecule has 2 aromatic rings. The summed E-state index contributed by atoms with van der Waals surface area (Å²) in [7, 11) is 0. The number of hydrogen-bond donors (Lipinski definition) is 5. The lowest BCUT2D eigenvalue weighted by molar-refractivity contribution is -0.277. The minimum Gasteiger partial charge on any atom is -0.499 e. The molecule has 0 saturated carbocycles. The molecule has 5 atom stereocenters. The Hall–Kier alpha value is -2.37. The van der Waals surface area contributed by atoms with Crippen LogP contribution in [-0.4, -0.2) is 69.5 Å². The Morgan fingerprint density at radius 3 is 2.31 bits per heavy atom. The third-order valence-electron chi connectivity index (χ3n) is 6.15. The van der Waals surface area contributed by atoms with Crippen molar-refractivity contribution in [2.24, 2.45) is 0 Å². The van der Waals surface area contributed by atoms with Crippen LogP contribution in [0.4, 0.5) is 0 Å². The molecule has 3 rings (SSSR count). The zero-order valence-electron chi connectivity index (χ0n) is 20.0. The van der Waals surface area contributed by atoms with E-state index in [1.54, 1.807) is 0 Å². The van der Waals surface area contributed by atoms with Gasteiger partial charge in [-0.15, -0.1) is 0 Å². The lowest BCUT2D eigenvalue weighted by Gasteiger charge is -2.39. The van der Waals surface area contributed by atoms with E-state index in [-0.39, 0.29) is 17.1 Å². The summed E-state index contributed by atoms with van der Waals surface area (Å²) < 4.78 is 21.8. The van der Waals surface area contributed by atoms with Gasteiger partial charge < -0.3 is 44.2 Å². The van der Waals surface area contributed by atoms with Gasteiger partial charge in [0.1, 0.15) is 35.7 Å². The molecular formula is C25H36O10. The Bertz CT molecular complexity index is 988. The predicted octanol–water partition coefficient (Wildman–Crippen LogP) is 2.20. The molecule has 0 amide bonds. The van der Waals surface area contributed by atoms with Gasteiger partial charge in [0.05, 0.1) is 18.6 Å². The highest BCUT2D eigenvalue weighted by Gasteiger charge is 2.44. The number of unbranched alkanes of at least 4 members (excludes halogenated alkanes) is 7. The molecule has 0 radical (unpaired) electrons. The molecule has 2 heterocycles. The Morgan fingerprint density at radius 1 is 0.943 bits per heavy atom. The van der Waals surface area contributed by atoms with Crippen LogP contribution in [0, 0.1) is 0 Å². The lowest BCUT2D eigenvalue weighted by Crippen LogP contribution is -2.60. The quantitative estimate of drug-likeness (QED) is 0.205. The van der Waals surface area contributed by atoms with Gasteiger partial charge in [-0.25, -0.2) is 4.79 Å². The van der Waals surface area contributed by atoms with Crippen molar-refractivity contribution >= 4 is 11.0 Å². The number of fused-ring (bicyclic) bond motifs is 1. The predicted molar refractivity (Wildman–Crippen MR) is 127 cm³/mol. The van der Waals surface area contributed by atoms with Gasteiger partial charge in [0.15, 0.2) is 5.75 Å². The van der Waals surface area contributed by atoms with E-state index >= 15 is 0 Å². The normalized spacial score (nSPS) is 24.5. The Morgan fingerprint density at radius 2 is 1.63 bits per heavy atom.